The summed E-state index contributed by atoms with van der Waals surface area (Å²) in [6, 6.07) is 11.1. The Morgan fingerprint density at radius 2 is 1.73 bits per heavy atom. The number of halogens is 1. The predicted octanol–water partition coefficient (Wildman–Crippen LogP) is 4.13. The number of pyridine rings is 1. The molecule has 0 amide bonds. The van der Waals surface area contributed by atoms with Gasteiger partial charge in [0.2, 0.25) is 0 Å². The van der Waals surface area contributed by atoms with E-state index in [1.165, 1.54) is 28.0 Å². The van der Waals surface area contributed by atoms with Crippen LogP contribution in [0.3, 0.4) is 0 Å². The minimum atomic E-state index is 1.06. The molecule has 1 aromatic carbocycles. The van der Waals surface area contributed by atoms with Crippen molar-refractivity contribution < 1.29 is 0 Å². The molecule has 0 radical (unpaired) electrons. The SMILES string of the molecule is Brc1cnc2c(c1)CCc1ccccc1C2=C1CCNCC1. The zero-order valence-electron chi connectivity index (χ0n) is 12.5. The molecule has 112 valence electrons. The van der Waals surface area contributed by atoms with Crippen LogP contribution in [0, 0.1) is 0 Å². The molecule has 2 heterocycles. The van der Waals surface area contributed by atoms with Crippen LogP contribution in [-0.4, -0.2) is 18.1 Å². The highest BCUT2D eigenvalue weighted by molar-refractivity contribution is 9.10. The van der Waals surface area contributed by atoms with E-state index in [-0.39, 0.29) is 0 Å². The molecule has 0 spiro atoms. The van der Waals surface area contributed by atoms with Crippen LogP contribution in [0.2, 0.25) is 0 Å². The number of aryl methyl sites for hydroxylation is 2. The van der Waals surface area contributed by atoms with E-state index in [2.05, 4.69) is 51.6 Å². The molecular formula is C19H19BrN2. The number of hydrogen-bond donors (Lipinski definition) is 1. The molecule has 1 saturated heterocycles. The van der Waals surface area contributed by atoms with Gasteiger partial charge in [0.1, 0.15) is 0 Å². The largest absolute Gasteiger partial charge is 0.316 e. The van der Waals surface area contributed by atoms with Crippen molar-refractivity contribution in [3.63, 3.8) is 0 Å². The number of nitrogens with zero attached hydrogens (tertiary/aromatic N) is 1. The van der Waals surface area contributed by atoms with Crippen LogP contribution in [-0.2, 0) is 12.8 Å². The third kappa shape index (κ3) is 2.53. The molecule has 4 rings (SSSR count). The normalized spacial score (nSPS) is 17.7. The molecule has 2 nitrogen and oxygen atoms in total. The first-order chi connectivity index (χ1) is 10.8. The maximum Gasteiger partial charge on any atom is 0.0740 e. The molecule has 0 saturated carbocycles. The van der Waals surface area contributed by atoms with Gasteiger partial charge in [0.25, 0.3) is 0 Å². The average molecular weight is 355 g/mol. The Morgan fingerprint density at radius 3 is 2.59 bits per heavy atom. The molecule has 2 aliphatic rings. The van der Waals surface area contributed by atoms with E-state index in [4.69, 9.17) is 4.98 Å². The predicted molar refractivity (Wildman–Crippen MR) is 93.9 cm³/mol. The summed E-state index contributed by atoms with van der Waals surface area (Å²) in [5.41, 5.74) is 8.38. The fourth-order valence-corrected chi connectivity index (χ4v) is 3.99. The number of nitrogens with one attached hydrogen (secondary N) is 1. The van der Waals surface area contributed by atoms with Crippen molar-refractivity contribution in [1.82, 2.24) is 10.3 Å². The lowest BCUT2D eigenvalue weighted by Gasteiger charge is -2.21. The molecule has 1 fully saturated rings. The lowest BCUT2D eigenvalue weighted by atomic mass is 9.89. The van der Waals surface area contributed by atoms with Crippen LogP contribution in [0.4, 0.5) is 0 Å². The van der Waals surface area contributed by atoms with Crippen molar-refractivity contribution >= 4 is 21.5 Å². The fraction of sp³-hybridized carbons (Fsp3) is 0.316. The quantitative estimate of drug-likeness (QED) is 0.769. The van der Waals surface area contributed by atoms with Gasteiger partial charge in [0, 0.05) is 16.2 Å². The molecule has 0 atom stereocenters. The van der Waals surface area contributed by atoms with Crippen molar-refractivity contribution in [2.45, 2.75) is 25.7 Å². The lowest BCUT2D eigenvalue weighted by Crippen LogP contribution is -2.24. The molecule has 3 heteroatoms. The third-order valence-corrected chi connectivity index (χ3v) is 5.11. The van der Waals surface area contributed by atoms with Gasteiger partial charge in [0.05, 0.1) is 5.69 Å². The number of benzene rings is 1. The molecule has 1 aliphatic carbocycles. The van der Waals surface area contributed by atoms with Gasteiger partial charge in [-0.3, -0.25) is 4.98 Å². The van der Waals surface area contributed by atoms with Crippen LogP contribution in [0.15, 0.2) is 46.6 Å². The highest BCUT2D eigenvalue weighted by Crippen LogP contribution is 2.37. The molecule has 1 N–H and O–H groups in total. The summed E-state index contributed by atoms with van der Waals surface area (Å²) in [6.45, 7) is 2.15. The highest BCUT2D eigenvalue weighted by atomic mass is 79.9. The summed E-state index contributed by atoms with van der Waals surface area (Å²) in [4.78, 5) is 4.81. The second kappa shape index (κ2) is 5.98. The first kappa shape index (κ1) is 14.2. The Bertz CT molecular complexity index is 741. The van der Waals surface area contributed by atoms with Gasteiger partial charge in [-0.05, 0) is 77.5 Å². The van der Waals surface area contributed by atoms with Gasteiger partial charge in [-0.2, -0.15) is 0 Å². The summed E-state index contributed by atoms with van der Waals surface area (Å²) < 4.78 is 1.08. The van der Waals surface area contributed by atoms with Gasteiger partial charge in [-0.15, -0.1) is 0 Å². The van der Waals surface area contributed by atoms with Crippen molar-refractivity contribution in [3.05, 3.63) is 69.0 Å². The van der Waals surface area contributed by atoms with Crippen molar-refractivity contribution in [3.8, 4) is 0 Å². The van der Waals surface area contributed by atoms with E-state index >= 15 is 0 Å². The Labute approximate surface area is 139 Å². The molecule has 2 aromatic rings. The average Bonchev–Trinajstić information content (AvgIpc) is 2.72. The second-order valence-electron chi connectivity index (χ2n) is 6.05. The Balaban J connectivity index is 1.98. The third-order valence-electron chi connectivity index (χ3n) is 4.68. The Kier molecular flexibility index (Phi) is 3.85. The molecule has 0 unspecified atom stereocenters. The first-order valence-electron chi connectivity index (χ1n) is 7.99. The van der Waals surface area contributed by atoms with Crippen LogP contribution in [0.1, 0.15) is 35.2 Å². The van der Waals surface area contributed by atoms with Gasteiger partial charge in [-0.1, -0.05) is 29.8 Å². The minimum absolute atomic E-state index is 1.06. The highest BCUT2D eigenvalue weighted by Gasteiger charge is 2.23. The smallest absolute Gasteiger partial charge is 0.0740 e. The van der Waals surface area contributed by atoms with E-state index < -0.39 is 0 Å². The number of hydrogen-bond acceptors (Lipinski definition) is 2. The maximum absolute atomic E-state index is 4.81. The fourth-order valence-electron chi connectivity index (χ4n) is 3.61. The molecule has 22 heavy (non-hydrogen) atoms. The van der Waals surface area contributed by atoms with Gasteiger partial charge >= 0.3 is 0 Å². The summed E-state index contributed by atoms with van der Waals surface area (Å²) in [5.74, 6) is 0. The van der Waals surface area contributed by atoms with Crippen molar-refractivity contribution in [2.24, 2.45) is 0 Å². The van der Waals surface area contributed by atoms with Crippen LogP contribution >= 0.6 is 15.9 Å². The molecule has 0 bridgehead atoms. The number of piperidine rings is 1. The molecular weight excluding hydrogens is 336 g/mol. The van der Waals surface area contributed by atoms with E-state index in [0.717, 1.165) is 43.2 Å². The second-order valence-corrected chi connectivity index (χ2v) is 6.96. The first-order valence-corrected chi connectivity index (χ1v) is 8.78. The number of rotatable bonds is 0. The topological polar surface area (TPSA) is 24.9 Å². The zero-order chi connectivity index (χ0) is 14.9. The van der Waals surface area contributed by atoms with E-state index in [0.29, 0.717) is 0 Å². The summed E-state index contributed by atoms with van der Waals surface area (Å²) in [7, 11) is 0. The maximum atomic E-state index is 4.81. The lowest BCUT2D eigenvalue weighted by molar-refractivity contribution is 0.611. The van der Waals surface area contributed by atoms with E-state index in [9.17, 15) is 0 Å². The van der Waals surface area contributed by atoms with Gasteiger partial charge in [0.15, 0.2) is 0 Å². The Hall–Kier alpha value is -1.45. The zero-order valence-corrected chi connectivity index (χ0v) is 14.1. The summed E-state index contributed by atoms with van der Waals surface area (Å²) in [5, 5.41) is 3.46. The van der Waals surface area contributed by atoms with Crippen molar-refractivity contribution in [1.29, 1.82) is 0 Å². The van der Waals surface area contributed by atoms with Crippen LogP contribution in [0.25, 0.3) is 5.57 Å². The monoisotopic (exact) mass is 354 g/mol. The Morgan fingerprint density at radius 1 is 0.955 bits per heavy atom. The standard InChI is InChI=1S/C19H19BrN2/c20-16-11-15-6-5-13-3-1-2-4-17(13)18(19(15)22-12-16)14-7-9-21-10-8-14/h1-4,11-12,21H,5-10H2. The van der Waals surface area contributed by atoms with Gasteiger partial charge in [-0.25, -0.2) is 0 Å². The summed E-state index contributed by atoms with van der Waals surface area (Å²) >= 11 is 3.58. The van der Waals surface area contributed by atoms with Crippen LogP contribution < -0.4 is 5.32 Å². The number of aromatic nitrogens is 1. The van der Waals surface area contributed by atoms with E-state index in [1.54, 1.807) is 5.57 Å². The summed E-state index contributed by atoms with van der Waals surface area (Å²) in [6.07, 6.45) is 6.35. The number of fused-ring (bicyclic) bond motifs is 2. The molecule has 1 aromatic heterocycles. The van der Waals surface area contributed by atoms with E-state index in [1.807, 2.05) is 6.20 Å². The van der Waals surface area contributed by atoms with Crippen molar-refractivity contribution in [2.75, 3.05) is 13.1 Å². The van der Waals surface area contributed by atoms with Crippen LogP contribution in [0.5, 0.6) is 0 Å². The minimum Gasteiger partial charge on any atom is -0.316 e. The molecule has 1 aliphatic heterocycles. The van der Waals surface area contributed by atoms with Gasteiger partial charge < -0.3 is 5.32 Å².